The summed E-state index contributed by atoms with van der Waals surface area (Å²) in [7, 11) is 2.13. The minimum absolute atomic E-state index is 0.202. The highest BCUT2D eigenvalue weighted by Crippen LogP contribution is 2.23. The number of aliphatic hydroxyl groups excluding tert-OH is 1. The molecule has 4 heteroatoms. The van der Waals surface area contributed by atoms with Gasteiger partial charge in [0.15, 0.2) is 0 Å². The number of para-hydroxylation sites is 1. The Kier molecular flexibility index (Phi) is 5.25. The number of β-amino-alcohol motifs (C(OH)–C–C–N with tert-alkyl or cyclic N) is 1. The van der Waals surface area contributed by atoms with Gasteiger partial charge in [-0.3, -0.25) is 4.90 Å². The molecule has 0 bridgehead atoms. The fraction of sp³-hybridized carbons (Fsp3) is 0.647. The number of fused-ring (bicyclic) bond motifs is 1. The maximum Gasteiger partial charge on any atom is 0.0900 e. The lowest BCUT2D eigenvalue weighted by atomic mass is 10.1. The third-order valence-electron chi connectivity index (χ3n) is 3.73. The summed E-state index contributed by atoms with van der Waals surface area (Å²) in [6.45, 7) is 9.88. The van der Waals surface area contributed by atoms with Gasteiger partial charge in [0.25, 0.3) is 0 Å². The predicted octanol–water partition coefficient (Wildman–Crippen LogP) is 2.11. The smallest absolute Gasteiger partial charge is 0.0900 e. The molecule has 0 saturated heterocycles. The summed E-state index contributed by atoms with van der Waals surface area (Å²) in [5, 5.41) is 10.2. The fourth-order valence-electron chi connectivity index (χ4n) is 2.60. The Morgan fingerprint density at radius 3 is 2.67 bits per heavy atom. The van der Waals surface area contributed by atoms with Crippen molar-refractivity contribution >= 4 is 5.69 Å². The van der Waals surface area contributed by atoms with E-state index in [1.807, 2.05) is 20.8 Å². The quantitative estimate of drug-likeness (QED) is 0.922. The number of ether oxygens (including phenoxy) is 1. The van der Waals surface area contributed by atoms with Crippen molar-refractivity contribution in [1.29, 1.82) is 0 Å². The van der Waals surface area contributed by atoms with Crippen molar-refractivity contribution in [2.24, 2.45) is 0 Å². The second kappa shape index (κ2) is 6.77. The zero-order chi connectivity index (χ0) is 15.5. The summed E-state index contributed by atoms with van der Waals surface area (Å²) in [4.78, 5) is 4.59. The van der Waals surface area contributed by atoms with Crippen LogP contribution in [0.15, 0.2) is 24.3 Å². The normalized spacial score (nSPS) is 18.2. The van der Waals surface area contributed by atoms with Crippen LogP contribution < -0.4 is 4.90 Å². The molecule has 1 aromatic carbocycles. The van der Waals surface area contributed by atoms with Crippen LogP contribution >= 0.6 is 0 Å². The van der Waals surface area contributed by atoms with Crippen LogP contribution in [0.5, 0.6) is 0 Å². The molecule has 1 atom stereocenters. The summed E-state index contributed by atoms with van der Waals surface area (Å²) in [5.74, 6) is 0. The minimum Gasteiger partial charge on any atom is -0.389 e. The molecule has 0 radical (unpaired) electrons. The van der Waals surface area contributed by atoms with Gasteiger partial charge < -0.3 is 14.7 Å². The summed E-state index contributed by atoms with van der Waals surface area (Å²) in [5.41, 5.74) is 2.41. The predicted molar refractivity (Wildman–Crippen MR) is 86.7 cm³/mol. The minimum atomic E-state index is -0.445. The standard InChI is InChI=1S/C17H28N2O2/c1-17(2,3)21-13-15(20)12-19-10-9-18(4)16-8-6-5-7-14(16)11-19/h5-8,15,20H,9-13H2,1-4H3/t15-/m0/s1. The van der Waals surface area contributed by atoms with E-state index >= 15 is 0 Å². The first-order valence-electron chi connectivity index (χ1n) is 7.68. The molecular weight excluding hydrogens is 264 g/mol. The maximum atomic E-state index is 10.2. The molecule has 1 N–H and O–H groups in total. The molecule has 21 heavy (non-hydrogen) atoms. The lowest BCUT2D eigenvalue weighted by Gasteiger charge is -2.26. The van der Waals surface area contributed by atoms with E-state index in [1.165, 1.54) is 11.3 Å². The Hall–Kier alpha value is -1.10. The highest BCUT2D eigenvalue weighted by Gasteiger charge is 2.20. The molecule has 0 spiro atoms. The van der Waals surface area contributed by atoms with Gasteiger partial charge in [-0.1, -0.05) is 18.2 Å². The summed E-state index contributed by atoms with van der Waals surface area (Å²) in [6.07, 6.45) is -0.445. The van der Waals surface area contributed by atoms with E-state index < -0.39 is 6.10 Å². The molecule has 0 fully saturated rings. The number of rotatable bonds is 4. The lowest BCUT2D eigenvalue weighted by molar-refractivity contribution is -0.0563. The van der Waals surface area contributed by atoms with Crippen molar-refractivity contribution in [1.82, 2.24) is 4.90 Å². The third kappa shape index (κ3) is 4.99. The van der Waals surface area contributed by atoms with Gasteiger partial charge in [0.1, 0.15) is 0 Å². The van der Waals surface area contributed by atoms with Gasteiger partial charge in [-0.15, -0.1) is 0 Å². The molecule has 1 aliphatic rings. The van der Waals surface area contributed by atoms with Crippen LogP contribution in [0, 0.1) is 0 Å². The maximum absolute atomic E-state index is 10.2. The number of likely N-dealkylation sites (N-methyl/N-ethyl adjacent to an activating group) is 1. The highest BCUT2D eigenvalue weighted by atomic mass is 16.5. The molecule has 0 unspecified atom stereocenters. The molecule has 1 heterocycles. The number of anilines is 1. The van der Waals surface area contributed by atoms with Crippen LogP contribution in [0.3, 0.4) is 0 Å². The van der Waals surface area contributed by atoms with Gasteiger partial charge in [0, 0.05) is 38.9 Å². The molecule has 1 aliphatic heterocycles. The molecule has 1 aromatic rings. The number of nitrogens with zero attached hydrogens (tertiary/aromatic N) is 2. The molecule has 0 aliphatic carbocycles. The van der Waals surface area contributed by atoms with Crippen molar-refractivity contribution in [3.63, 3.8) is 0 Å². The van der Waals surface area contributed by atoms with Crippen molar-refractivity contribution in [2.75, 3.05) is 38.2 Å². The van der Waals surface area contributed by atoms with E-state index in [2.05, 4.69) is 41.1 Å². The van der Waals surface area contributed by atoms with E-state index in [4.69, 9.17) is 4.74 Å². The van der Waals surface area contributed by atoms with Crippen LogP contribution in [0.2, 0.25) is 0 Å². The molecule has 118 valence electrons. The van der Waals surface area contributed by atoms with Gasteiger partial charge in [0.05, 0.1) is 18.3 Å². The largest absolute Gasteiger partial charge is 0.389 e. The molecular formula is C17H28N2O2. The number of benzene rings is 1. The Balaban J connectivity index is 1.93. The monoisotopic (exact) mass is 292 g/mol. The lowest BCUT2D eigenvalue weighted by Crippen LogP contribution is -2.38. The Morgan fingerprint density at radius 1 is 1.24 bits per heavy atom. The van der Waals surface area contributed by atoms with Gasteiger partial charge in [-0.05, 0) is 32.4 Å². The van der Waals surface area contributed by atoms with Gasteiger partial charge in [-0.2, -0.15) is 0 Å². The van der Waals surface area contributed by atoms with Crippen LogP contribution in [0.1, 0.15) is 26.3 Å². The molecule has 0 amide bonds. The first-order valence-corrected chi connectivity index (χ1v) is 7.68. The summed E-state index contributed by atoms with van der Waals surface area (Å²) < 4.78 is 5.67. The number of hydrogen-bond acceptors (Lipinski definition) is 4. The third-order valence-corrected chi connectivity index (χ3v) is 3.73. The molecule has 2 rings (SSSR count). The van der Waals surface area contributed by atoms with Gasteiger partial charge >= 0.3 is 0 Å². The second-order valence-corrected chi connectivity index (χ2v) is 6.86. The second-order valence-electron chi connectivity index (χ2n) is 6.86. The topological polar surface area (TPSA) is 35.9 Å². The van der Waals surface area contributed by atoms with Crippen LogP contribution in [0.25, 0.3) is 0 Å². The summed E-state index contributed by atoms with van der Waals surface area (Å²) >= 11 is 0. The number of aliphatic hydroxyl groups is 1. The van der Waals surface area contributed by atoms with Crippen molar-refractivity contribution in [3.05, 3.63) is 29.8 Å². The van der Waals surface area contributed by atoms with Crippen molar-refractivity contribution in [2.45, 2.75) is 39.0 Å². The van der Waals surface area contributed by atoms with Crippen LogP contribution in [-0.2, 0) is 11.3 Å². The average molecular weight is 292 g/mol. The van der Waals surface area contributed by atoms with Gasteiger partial charge in [-0.25, -0.2) is 0 Å². The zero-order valence-corrected chi connectivity index (χ0v) is 13.7. The van der Waals surface area contributed by atoms with Gasteiger partial charge in [0.2, 0.25) is 0 Å². The van der Waals surface area contributed by atoms with Crippen LogP contribution in [0.4, 0.5) is 5.69 Å². The molecule has 0 saturated carbocycles. The Labute approximate surface area is 128 Å². The zero-order valence-electron chi connectivity index (χ0n) is 13.7. The van der Waals surface area contributed by atoms with E-state index in [-0.39, 0.29) is 5.60 Å². The first-order chi connectivity index (χ1) is 9.85. The van der Waals surface area contributed by atoms with Crippen molar-refractivity contribution < 1.29 is 9.84 Å². The molecule has 4 nitrogen and oxygen atoms in total. The molecule has 0 aromatic heterocycles. The first kappa shape index (κ1) is 16.3. The SMILES string of the molecule is CN1CCN(C[C@H](O)COC(C)(C)C)Cc2ccccc21. The van der Waals surface area contributed by atoms with Crippen LogP contribution in [-0.4, -0.2) is 55.0 Å². The van der Waals surface area contributed by atoms with E-state index in [9.17, 15) is 5.11 Å². The van der Waals surface area contributed by atoms with E-state index in [0.717, 1.165) is 19.6 Å². The fourth-order valence-corrected chi connectivity index (χ4v) is 2.60. The van der Waals surface area contributed by atoms with E-state index in [0.29, 0.717) is 13.2 Å². The van der Waals surface area contributed by atoms with Crippen molar-refractivity contribution in [3.8, 4) is 0 Å². The highest BCUT2D eigenvalue weighted by molar-refractivity contribution is 5.53. The average Bonchev–Trinajstić information content (AvgIpc) is 2.56. The Morgan fingerprint density at radius 2 is 1.95 bits per heavy atom. The van der Waals surface area contributed by atoms with E-state index in [1.54, 1.807) is 0 Å². The number of hydrogen-bond donors (Lipinski definition) is 1. The Bertz CT molecular complexity index is 456. The summed E-state index contributed by atoms with van der Waals surface area (Å²) in [6, 6.07) is 8.49.